The fraction of sp³-hybridized carbons (Fsp3) is 0.833. The average Bonchev–Trinajstić information content (AvgIpc) is 2.92. The topological polar surface area (TPSA) is 55.2 Å². The normalized spacial score (nSPS) is 23.5. The molecule has 154 valence electrons. The van der Waals surface area contributed by atoms with Crippen molar-refractivity contribution in [1.29, 1.82) is 0 Å². The highest BCUT2D eigenvalue weighted by molar-refractivity contribution is 7.91. The molecule has 0 aliphatic carbocycles. The number of likely N-dealkylation sites (tertiary alicyclic amines) is 1. The van der Waals surface area contributed by atoms with E-state index in [2.05, 4.69) is 10.00 Å². The summed E-state index contributed by atoms with van der Waals surface area (Å²) < 4.78 is 63.6. The van der Waals surface area contributed by atoms with Crippen molar-refractivity contribution in [1.82, 2.24) is 14.7 Å². The summed E-state index contributed by atoms with van der Waals surface area (Å²) in [6, 6.07) is 1.04. The molecule has 0 saturated carbocycles. The van der Waals surface area contributed by atoms with Crippen LogP contribution in [0.2, 0.25) is 0 Å². The molecule has 1 spiro atoms. The lowest BCUT2D eigenvalue weighted by Gasteiger charge is -2.53. The molecule has 1 aromatic rings. The fourth-order valence-corrected chi connectivity index (χ4v) is 6.04. The van der Waals surface area contributed by atoms with Gasteiger partial charge in [0.05, 0.1) is 11.5 Å². The van der Waals surface area contributed by atoms with Gasteiger partial charge in [-0.1, -0.05) is 6.92 Å². The van der Waals surface area contributed by atoms with Gasteiger partial charge in [0.2, 0.25) is 0 Å². The average molecular weight is 408 g/mol. The van der Waals surface area contributed by atoms with Gasteiger partial charge in [0.25, 0.3) is 0 Å². The third-order valence-electron chi connectivity index (χ3n) is 5.72. The van der Waals surface area contributed by atoms with Crippen LogP contribution < -0.4 is 0 Å². The van der Waals surface area contributed by atoms with Crippen molar-refractivity contribution in [3.8, 4) is 0 Å². The van der Waals surface area contributed by atoms with E-state index in [1.165, 1.54) is 10.7 Å². The Labute approximate surface area is 158 Å². The highest BCUT2D eigenvalue weighted by atomic mass is 32.2. The Morgan fingerprint density at radius 3 is 2.30 bits per heavy atom. The van der Waals surface area contributed by atoms with Gasteiger partial charge in [-0.2, -0.15) is 18.3 Å². The monoisotopic (exact) mass is 407 g/mol. The number of rotatable bonds is 5. The number of hydrogen-bond acceptors (Lipinski definition) is 4. The van der Waals surface area contributed by atoms with Crippen LogP contribution in [0.25, 0.3) is 0 Å². The van der Waals surface area contributed by atoms with E-state index in [9.17, 15) is 21.6 Å². The summed E-state index contributed by atoms with van der Waals surface area (Å²) in [6.07, 6.45) is -2.42. The van der Waals surface area contributed by atoms with Crippen LogP contribution in [0, 0.1) is 11.3 Å². The van der Waals surface area contributed by atoms with Gasteiger partial charge in [-0.3, -0.25) is 4.68 Å². The molecular weight excluding hydrogens is 379 g/mol. The minimum Gasteiger partial charge on any atom is -0.302 e. The number of nitrogens with zero attached hydrogens (tertiary/aromatic N) is 3. The lowest BCUT2D eigenvalue weighted by atomic mass is 9.74. The van der Waals surface area contributed by atoms with E-state index in [4.69, 9.17) is 0 Å². The van der Waals surface area contributed by atoms with Crippen molar-refractivity contribution in [2.24, 2.45) is 11.3 Å². The van der Waals surface area contributed by atoms with E-state index in [1.807, 2.05) is 20.8 Å². The summed E-state index contributed by atoms with van der Waals surface area (Å²) in [5.74, 6) is 0.763. The van der Waals surface area contributed by atoms with Crippen LogP contribution in [0.1, 0.15) is 51.0 Å². The molecule has 2 aliphatic rings. The second kappa shape index (κ2) is 7.06. The van der Waals surface area contributed by atoms with E-state index in [1.54, 1.807) is 0 Å². The van der Waals surface area contributed by atoms with E-state index < -0.39 is 21.7 Å². The zero-order chi connectivity index (χ0) is 20.0. The first-order valence-corrected chi connectivity index (χ1v) is 11.3. The lowest BCUT2D eigenvalue weighted by Crippen LogP contribution is -2.59. The first-order chi connectivity index (χ1) is 12.4. The maximum absolute atomic E-state index is 13.0. The molecule has 1 atom stereocenters. The maximum atomic E-state index is 13.0. The van der Waals surface area contributed by atoms with E-state index in [0.717, 1.165) is 32.5 Å². The predicted octanol–water partition coefficient (Wildman–Crippen LogP) is 3.17. The van der Waals surface area contributed by atoms with Crippen LogP contribution in [-0.2, 0) is 22.4 Å². The smallest absolute Gasteiger partial charge is 0.302 e. The Hall–Kier alpha value is -1.09. The van der Waals surface area contributed by atoms with Gasteiger partial charge in [-0.25, -0.2) is 8.42 Å². The van der Waals surface area contributed by atoms with Gasteiger partial charge in [-0.15, -0.1) is 0 Å². The van der Waals surface area contributed by atoms with E-state index >= 15 is 0 Å². The molecule has 0 radical (unpaired) electrons. The lowest BCUT2D eigenvalue weighted by molar-refractivity contribution is -0.141. The molecule has 2 saturated heterocycles. The number of hydrogen-bond donors (Lipinski definition) is 0. The quantitative estimate of drug-likeness (QED) is 0.752. The van der Waals surface area contributed by atoms with Crippen molar-refractivity contribution in [3.05, 3.63) is 17.5 Å². The van der Waals surface area contributed by atoms with Crippen LogP contribution >= 0.6 is 0 Å². The van der Waals surface area contributed by atoms with Crippen LogP contribution in [0.5, 0.6) is 0 Å². The van der Waals surface area contributed by atoms with Crippen molar-refractivity contribution in [2.75, 3.05) is 31.1 Å². The van der Waals surface area contributed by atoms with E-state index in [-0.39, 0.29) is 28.9 Å². The Morgan fingerprint density at radius 2 is 1.78 bits per heavy atom. The second-order valence-electron chi connectivity index (χ2n) is 8.69. The summed E-state index contributed by atoms with van der Waals surface area (Å²) in [5, 5.41) is 3.75. The number of aromatic nitrogens is 2. The molecule has 0 unspecified atom stereocenters. The van der Waals surface area contributed by atoms with Crippen molar-refractivity contribution >= 4 is 9.84 Å². The molecule has 2 aliphatic heterocycles. The Morgan fingerprint density at radius 1 is 1.19 bits per heavy atom. The molecule has 0 amide bonds. The molecule has 0 aromatic carbocycles. The van der Waals surface area contributed by atoms with Crippen molar-refractivity contribution in [3.63, 3.8) is 0 Å². The third kappa shape index (κ3) is 4.67. The summed E-state index contributed by atoms with van der Waals surface area (Å²) in [6.45, 7) is 8.30. The van der Waals surface area contributed by atoms with Gasteiger partial charge in [0, 0.05) is 31.4 Å². The van der Waals surface area contributed by atoms with Gasteiger partial charge < -0.3 is 4.90 Å². The molecule has 27 heavy (non-hydrogen) atoms. The zero-order valence-corrected chi connectivity index (χ0v) is 16.9. The standard InChI is InChI=1S/C18H28F3N3O2S/c1-13(2)24-15(9-16(22-24)18(19,20)21)8-14(3)10-23-11-17(12-23)4-6-27(25,26)7-5-17/h9,13-14H,4-8,10-12H2,1-3H3/t14-/m0/s1. The summed E-state index contributed by atoms with van der Waals surface area (Å²) in [7, 11) is -2.85. The summed E-state index contributed by atoms with van der Waals surface area (Å²) in [4.78, 5) is 2.29. The second-order valence-corrected chi connectivity index (χ2v) is 11.0. The number of halogens is 3. The number of alkyl halides is 3. The molecular formula is C18H28F3N3O2S. The van der Waals surface area contributed by atoms with Crippen LogP contribution in [0.4, 0.5) is 13.2 Å². The maximum Gasteiger partial charge on any atom is 0.435 e. The molecule has 3 heterocycles. The zero-order valence-electron chi connectivity index (χ0n) is 16.1. The molecule has 3 rings (SSSR count). The Kier molecular flexibility index (Phi) is 5.40. The van der Waals surface area contributed by atoms with Gasteiger partial charge in [0.15, 0.2) is 5.69 Å². The van der Waals surface area contributed by atoms with Gasteiger partial charge in [0.1, 0.15) is 9.84 Å². The molecule has 0 N–H and O–H groups in total. The largest absolute Gasteiger partial charge is 0.435 e. The first-order valence-electron chi connectivity index (χ1n) is 9.48. The molecule has 2 fully saturated rings. The van der Waals surface area contributed by atoms with Gasteiger partial charge in [-0.05, 0) is 50.5 Å². The van der Waals surface area contributed by atoms with Crippen LogP contribution in [-0.4, -0.2) is 54.2 Å². The fourth-order valence-electron chi connectivity index (χ4n) is 4.35. The number of sulfone groups is 1. The van der Waals surface area contributed by atoms with E-state index in [0.29, 0.717) is 12.1 Å². The highest BCUT2D eigenvalue weighted by Crippen LogP contribution is 2.41. The van der Waals surface area contributed by atoms with Gasteiger partial charge >= 0.3 is 6.18 Å². The van der Waals surface area contributed by atoms with Crippen LogP contribution in [0.3, 0.4) is 0 Å². The molecule has 0 bridgehead atoms. The van der Waals surface area contributed by atoms with Crippen molar-refractivity contribution < 1.29 is 21.6 Å². The minimum absolute atomic E-state index is 0.125. The van der Waals surface area contributed by atoms with Crippen LogP contribution in [0.15, 0.2) is 6.07 Å². The first kappa shape index (κ1) is 20.6. The molecule has 1 aromatic heterocycles. The Bertz CT molecular complexity index is 764. The summed E-state index contributed by atoms with van der Waals surface area (Å²) in [5.41, 5.74) is -0.0812. The summed E-state index contributed by atoms with van der Waals surface area (Å²) >= 11 is 0. The predicted molar refractivity (Wildman–Crippen MR) is 97.2 cm³/mol. The SMILES string of the molecule is CC(C)n1nc(C(F)(F)F)cc1C[C@H](C)CN1CC2(CCS(=O)(=O)CC2)C1. The third-order valence-corrected chi connectivity index (χ3v) is 7.38. The molecule has 5 nitrogen and oxygen atoms in total. The minimum atomic E-state index is -4.43. The molecule has 9 heteroatoms. The Balaban J connectivity index is 1.56. The van der Waals surface area contributed by atoms with Crippen molar-refractivity contribution in [2.45, 2.75) is 52.3 Å². The highest BCUT2D eigenvalue weighted by Gasteiger charge is 2.46.